The number of nitrogens with zero attached hydrogens (tertiary/aromatic N) is 1. The molecule has 0 radical (unpaired) electrons. The molecule has 3 rings (SSSR count). The van der Waals surface area contributed by atoms with Gasteiger partial charge in [0, 0.05) is 23.1 Å². The summed E-state index contributed by atoms with van der Waals surface area (Å²) < 4.78 is 2.24. The Morgan fingerprint density at radius 1 is 1.00 bits per heavy atom. The molecule has 0 atom stereocenters. The molecule has 0 amide bonds. The van der Waals surface area contributed by atoms with E-state index in [0.29, 0.717) is 0 Å². The highest BCUT2D eigenvalue weighted by Gasteiger charge is 2.12. The molecule has 0 aliphatic heterocycles. The molecule has 0 aliphatic carbocycles. The minimum Gasteiger partial charge on any atom is -0.166 e. The largest absolute Gasteiger partial charge is 0.214 e. The third-order valence-corrected chi connectivity index (χ3v) is 3.54. The second kappa shape index (κ2) is 4.77. The predicted octanol–water partition coefficient (Wildman–Crippen LogP) is 3.92. The van der Waals surface area contributed by atoms with Crippen LogP contribution in [-0.2, 0) is 6.42 Å². The molecule has 0 spiro atoms. The molecule has 0 unspecified atom stereocenters. The number of fused-ring (bicyclic) bond motifs is 2. The summed E-state index contributed by atoms with van der Waals surface area (Å²) in [5.74, 6) is 0. The van der Waals surface area contributed by atoms with Crippen molar-refractivity contribution in [3.63, 3.8) is 0 Å². The normalized spacial score (nSPS) is 11.2. The molecule has 0 N–H and O–H groups in total. The van der Waals surface area contributed by atoms with Crippen LogP contribution in [0.25, 0.3) is 16.3 Å². The van der Waals surface area contributed by atoms with Crippen LogP contribution < -0.4 is 4.40 Å². The van der Waals surface area contributed by atoms with Crippen molar-refractivity contribution in [3.05, 3.63) is 60.4 Å². The van der Waals surface area contributed by atoms with Gasteiger partial charge >= 0.3 is 0 Å². The van der Waals surface area contributed by atoms with E-state index in [4.69, 9.17) is 0 Å². The number of aromatic nitrogens is 1. The quantitative estimate of drug-likeness (QED) is 0.479. The molecule has 1 heteroatoms. The lowest BCUT2D eigenvalue weighted by Crippen LogP contribution is -2.22. The Labute approximate surface area is 108 Å². The summed E-state index contributed by atoms with van der Waals surface area (Å²) in [5, 5.41) is 2.73. The third-order valence-electron chi connectivity index (χ3n) is 3.54. The first-order valence-corrected chi connectivity index (χ1v) is 6.71. The van der Waals surface area contributed by atoms with Crippen LogP contribution in [-0.4, -0.2) is 0 Å². The average molecular weight is 236 g/mol. The lowest BCUT2D eigenvalue weighted by Gasteiger charge is -2.05. The van der Waals surface area contributed by atoms with Crippen molar-refractivity contribution < 1.29 is 4.40 Å². The third kappa shape index (κ3) is 1.86. The molecule has 2 heterocycles. The number of hydrogen-bond acceptors (Lipinski definition) is 0. The Kier molecular flexibility index (Phi) is 2.97. The van der Waals surface area contributed by atoms with E-state index in [1.807, 2.05) is 0 Å². The van der Waals surface area contributed by atoms with E-state index in [1.165, 1.54) is 34.7 Å². The fraction of sp³-hybridized carbons (Fsp3) is 0.235. The van der Waals surface area contributed by atoms with Crippen LogP contribution in [0.15, 0.2) is 54.9 Å². The van der Waals surface area contributed by atoms with Crippen LogP contribution in [0, 0.1) is 0 Å². The SMILES string of the molecule is CCCCc1c2ccccc2c[n+]2ccccc12. The van der Waals surface area contributed by atoms with Gasteiger partial charge in [0.25, 0.3) is 0 Å². The smallest absolute Gasteiger partial charge is 0.166 e. The molecule has 18 heavy (non-hydrogen) atoms. The van der Waals surface area contributed by atoms with Crippen molar-refractivity contribution >= 4 is 16.3 Å². The van der Waals surface area contributed by atoms with Gasteiger partial charge in [0.15, 0.2) is 12.4 Å². The van der Waals surface area contributed by atoms with E-state index in [9.17, 15) is 0 Å². The molecule has 0 saturated carbocycles. The minimum atomic E-state index is 1.16. The average Bonchev–Trinajstić information content (AvgIpc) is 2.43. The summed E-state index contributed by atoms with van der Waals surface area (Å²) in [5.41, 5.74) is 2.82. The molecule has 90 valence electrons. The van der Waals surface area contributed by atoms with Crippen molar-refractivity contribution in [2.75, 3.05) is 0 Å². The van der Waals surface area contributed by atoms with Gasteiger partial charge in [0.2, 0.25) is 5.52 Å². The molecular formula is C17H18N+. The lowest BCUT2D eigenvalue weighted by molar-refractivity contribution is -0.510. The molecule has 0 aliphatic rings. The van der Waals surface area contributed by atoms with Crippen LogP contribution in [0.5, 0.6) is 0 Å². The van der Waals surface area contributed by atoms with Gasteiger partial charge in [-0.2, -0.15) is 4.40 Å². The van der Waals surface area contributed by atoms with Gasteiger partial charge in [-0.1, -0.05) is 31.5 Å². The number of unbranched alkanes of at least 4 members (excludes halogenated alkanes) is 1. The summed E-state index contributed by atoms with van der Waals surface area (Å²) in [6, 6.07) is 15.1. The first-order valence-electron chi connectivity index (χ1n) is 6.71. The topological polar surface area (TPSA) is 4.10 Å². The zero-order valence-corrected chi connectivity index (χ0v) is 10.8. The fourth-order valence-corrected chi connectivity index (χ4v) is 2.61. The Balaban J connectivity index is 2.34. The van der Waals surface area contributed by atoms with E-state index in [2.05, 4.69) is 66.2 Å². The summed E-state index contributed by atoms with van der Waals surface area (Å²) >= 11 is 0. The molecule has 0 bridgehead atoms. The van der Waals surface area contributed by atoms with Gasteiger partial charge in [0.1, 0.15) is 0 Å². The Morgan fingerprint density at radius 3 is 2.72 bits per heavy atom. The van der Waals surface area contributed by atoms with Gasteiger partial charge in [-0.15, -0.1) is 0 Å². The molecule has 0 saturated heterocycles. The second-order valence-electron chi connectivity index (χ2n) is 4.79. The first-order chi connectivity index (χ1) is 8.90. The number of benzene rings is 1. The van der Waals surface area contributed by atoms with Crippen LogP contribution in [0.3, 0.4) is 0 Å². The predicted molar refractivity (Wildman–Crippen MR) is 75.7 cm³/mol. The summed E-state index contributed by atoms with van der Waals surface area (Å²) in [4.78, 5) is 0. The standard InChI is InChI=1S/C17H18N/c1-2-3-9-16-15-10-5-4-8-14(15)13-18-12-7-6-11-17(16)18/h4-8,10-13H,2-3,9H2,1H3/q+1. The first kappa shape index (κ1) is 11.2. The Hall–Kier alpha value is -1.89. The Bertz CT molecular complexity index is 631. The molecule has 0 fully saturated rings. The van der Waals surface area contributed by atoms with E-state index in [-0.39, 0.29) is 0 Å². The van der Waals surface area contributed by atoms with E-state index < -0.39 is 0 Å². The highest BCUT2D eigenvalue weighted by Crippen LogP contribution is 2.22. The summed E-state index contributed by atoms with van der Waals surface area (Å²) in [7, 11) is 0. The second-order valence-corrected chi connectivity index (χ2v) is 4.79. The van der Waals surface area contributed by atoms with Gasteiger partial charge in [0.05, 0.1) is 0 Å². The maximum atomic E-state index is 2.25. The monoisotopic (exact) mass is 236 g/mol. The number of aryl methyl sites for hydroxylation is 1. The van der Waals surface area contributed by atoms with E-state index in [0.717, 1.165) is 6.42 Å². The van der Waals surface area contributed by atoms with Crippen molar-refractivity contribution in [2.24, 2.45) is 0 Å². The molecule has 1 nitrogen and oxygen atoms in total. The molecular weight excluding hydrogens is 218 g/mol. The maximum Gasteiger partial charge on any atom is 0.214 e. The lowest BCUT2D eigenvalue weighted by atomic mass is 10.0. The highest BCUT2D eigenvalue weighted by molar-refractivity contribution is 5.88. The zero-order valence-electron chi connectivity index (χ0n) is 10.8. The maximum absolute atomic E-state index is 2.25. The van der Waals surface area contributed by atoms with Crippen molar-refractivity contribution in [3.8, 4) is 0 Å². The minimum absolute atomic E-state index is 1.16. The van der Waals surface area contributed by atoms with Crippen molar-refractivity contribution in [2.45, 2.75) is 26.2 Å². The van der Waals surface area contributed by atoms with Crippen LogP contribution in [0.4, 0.5) is 0 Å². The highest BCUT2D eigenvalue weighted by atomic mass is 14.8. The number of hydrogen-bond donors (Lipinski definition) is 0. The zero-order chi connectivity index (χ0) is 12.4. The number of pyridine rings is 2. The van der Waals surface area contributed by atoms with Crippen molar-refractivity contribution in [1.29, 1.82) is 0 Å². The Morgan fingerprint density at radius 2 is 1.83 bits per heavy atom. The summed E-state index contributed by atoms with van der Waals surface area (Å²) in [6.07, 6.45) is 8.00. The van der Waals surface area contributed by atoms with Crippen LogP contribution >= 0.6 is 0 Å². The fourth-order valence-electron chi connectivity index (χ4n) is 2.61. The van der Waals surface area contributed by atoms with E-state index in [1.54, 1.807) is 0 Å². The van der Waals surface area contributed by atoms with E-state index >= 15 is 0 Å². The summed E-state index contributed by atoms with van der Waals surface area (Å²) in [6.45, 7) is 2.25. The van der Waals surface area contributed by atoms with Gasteiger partial charge in [-0.05, 0) is 30.4 Å². The van der Waals surface area contributed by atoms with Gasteiger partial charge in [-0.3, -0.25) is 0 Å². The molecule has 1 aromatic carbocycles. The molecule has 2 aromatic heterocycles. The van der Waals surface area contributed by atoms with Crippen LogP contribution in [0.2, 0.25) is 0 Å². The van der Waals surface area contributed by atoms with Crippen LogP contribution in [0.1, 0.15) is 25.3 Å². The van der Waals surface area contributed by atoms with Gasteiger partial charge in [-0.25, -0.2) is 0 Å². The number of rotatable bonds is 3. The van der Waals surface area contributed by atoms with Crippen molar-refractivity contribution in [1.82, 2.24) is 0 Å². The molecule has 3 aromatic rings. The van der Waals surface area contributed by atoms with Gasteiger partial charge < -0.3 is 0 Å².